The lowest BCUT2D eigenvalue weighted by atomic mass is 10.0. The normalized spacial score (nSPS) is 17.2. The minimum absolute atomic E-state index is 0.130. The number of rotatable bonds is 4. The highest BCUT2D eigenvalue weighted by Crippen LogP contribution is 2.36. The molecule has 0 radical (unpaired) electrons. The van der Waals surface area contributed by atoms with Crippen LogP contribution in [0.2, 0.25) is 0 Å². The molecule has 0 spiro atoms. The number of aryl methyl sites for hydroxylation is 1. The number of ether oxygens (including phenoxy) is 1. The lowest BCUT2D eigenvalue weighted by Gasteiger charge is -2.10. The summed E-state index contributed by atoms with van der Waals surface area (Å²) in [7, 11) is 0. The zero-order valence-electron chi connectivity index (χ0n) is 12.7. The lowest BCUT2D eigenvalue weighted by Crippen LogP contribution is -2.27. The Morgan fingerprint density at radius 3 is 2.65 bits per heavy atom. The third-order valence-electron chi connectivity index (χ3n) is 3.83. The van der Waals surface area contributed by atoms with Gasteiger partial charge in [-0.2, -0.15) is 0 Å². The molecule has 6 heteroatoms. The Kier molecular flexibility index (Phi) is 4.45. The largest absolute Gasteiger partial charge is 0.478 e. The van der Waals surface area contributed by atoms with E-state index >= 15 is 0 Å². The number of carbonyl (C=O) groups is 2. The molecule has 1 atom stereocenters. The van der Waals surface area contributed by atoms with Crippen LogP contribution in [0.5, 0.6) is 0 Å². The summed E-state index contributed by atoms with van der Waals surface area (Å²) in [6, 6.07) is 7.64. The van der Waals surface area contributed by atoms with Gasteiger partial charge in [-0.15, -0.1) is 11.3 Å². The first-order valence-corrected chi connectivity index (χ1v) is 8.28. The second-order valence-corrected chi connectivity index (χ2v) is 6.40. The average molecular weight is 331 g/mol. The van der Waals surface area contributed by atoms with Gasteiger partial charge in [0.15, 0.2) is 0 Å². The maximum absolute atomic E-state index is 12.2. The van der Waals surface area contributed by atoms with Crippen molar-refractivity contribution in [1.82, 2.24) is 0 Å². The number of hydrogen-bond acceptors (Lipinski definition) is 4. The molecule has 0 saturated carbocycles. The van der Waals surface area contributed by atoms with Crippen LogP contribution in [-0.4, -0.2) is 29.7 Å². The summed E-state index contributed by atoms with van der Waals surface area (Å²) in [5.41, 5.74) is 2.67. The summed E-state index contributed by atoms with van der Waals surface area (Å²) in [4.78, 5) is 23.8. The first-order chi connectivity index (χ1) is 11.1. The maximum atomic E-state index is 12.2. The van der Waals surface area contributed by atoms with Crippen molar-refractivity contribution in [2.45, 2.75) is 25.9 Å². The van der Waals surface area contributed by atoms with Crippen molar-refractivity contribution in [3.63, 3.8) is 0 Å². The number of nitrogens with one attached hydrogen (secondary N) is 1. The van der Waals surface area contributed by atoms with Crippen molar-refractivity contribution < 1.29 is 19.4 Å². The van der Waals surface area contributed by atoms with Crippen LogP contribution >= 0.6 is 11.3 Å². The van der Waals surface area contributed by atoms with Gasteiger partial charge in [0.05, 0.1) is 0 Å². The molecule has 1 amide bonds. The molecule has 0 bridgehead atoms. The van der Waals surface area contributed by atoms with Crippen molar-refractivity contribution in [1.29, 1.82) is 0 Å². The van der Waals surface area contributed by atoms with Gasteiger partial charge in [0.25, 0.3) is 5.91 Å². The Bertz CT molecular complexity index is 730. The second kappa shape index (κ2) is 6.52. The number of carbonyl (C=O) groups excluding carboxylic acids is 1. The Labute approximate surface area is 137 Å². The van der Waals surface area contributed by atoms with Crippen molar-refractivity contribution in [3.8, 4) is 11.1 Å². The highest BCUT2D eigenvalue weighted by molar-refractivity contribution is 7.15. The quantitative estimate of drug-likeness (QED) is 0.898. The number of hydrogen-bond donors (Lipinski definition) is 2. The summed E-state index contributed by atoms with van der Waals surface area (Å²) in [6.07, 6.45) is 1.04. The van der Waals surface area contributed by atoms with E-state index in [2.05, 4.69) is 5.32 Å². The Morgan fingerprint density at radius 1 is 1.30 bits per heavy atom. The summed E-state index contributed by atoms with van der Waals surface area (Å²) in [6.45, 7) is 2.55. The van der Waals surface area contributed by atoms with E-state index in [1.165, 1.54) is 11.3 Å². The molecule has 1 aliphatic heterocycles. The predicted molar refractivity (Wildman–Crippen MR) is 89.1 cm³/mol. The molecule has 1 aromatic carbocycles. The number of anilines is 1. The number of thiophene rings is 1. The smallest absolute Gasteiger partial charge is 0.339 e. The molecule has 2 heterocycles. The Balaban J connectivity index is 1.90. The van der Waals surface area contributed by atoms with Crippen molar-refractivity contribution in [2.24, 2.45) is 0 Å². The van der Waals surface area contributed by atoms with Gasteiger partial charge in [-0.1, -0.05) is 29.8 Å². The molecular weight excluding hydrogens is 314 g/mol. The zero-order chi connectivity index (χ0) is 16.4. The van der Waals surface area contributed by atoms with Crippen molar-refractivity contribution in [3.05, 3.63) is 40.8 Å². The molecule has 5 nitrogen and oxygen atoms in total. The number of carboxylic acid groups (broad SMARTS) is 1. The summed E-state index contributed by atoms with van der Waals surface area (Å²) < 4.78 is 5.34. The van der Waals surface area contributed by atoms with Crippen LogP contribution in [0.15, 0.2) is 29.6 Å². The molecule has 3 rings (SSSR count). The lowest BCUT2D eigenvalue weighted by molar-refractivity contribution is -0.124. The van der Waals surface area contributed by atoms with E-state index in [0.717, 1.165) is 17.5 Å². The highest BCUT2D eigenvalue weighted by Gasteiger charge is 2.27. The zero-order valence-corrected chi connectivity index (χ0v) is 13.5. The monoisotopic (exact) mass is 331 g/mol. The number of amides is 1. The number of benzene rings is 1. The van der Waals surface area contributed by atoms with Gasteiger partial charge in [0, 0.05) is 17.6 Å². The third-order valence-corrected chi connectivity index (χ3v) is 4.72. The van der Waals surface area contributed by atoms with Crippen LogP contribution in [0.3, 0.4) is 0 Å². The first kappa shape index (κ1) is 15.7. The minimum atomic E-state index is -1.05. The fraction of sp³-hybridized carbons (Fsp3) is 0.294. The SMILES string of the molecule is Cc1ccc(-c2csc(NC(=O)C3CCCO3)c2C(=O)O)cc1. The van der Waals surface area contributed by atoms with Gasteiger partial charge < -0.3 is 15.2 Å². The van der Waals surface area contributed by atoms with E-state index < -0.39 is 12.1 Å². The third kappa shape index (κ3) is 3.28. The molecule has 23 heavy (non-hydrogen) atoms. The maximum Gasteiger partial charge on any atom is 0.339 e. The van der Waals surface area contributed by atoms with Crippen molar-refractivity contribution >= 4 is 28.2 Å². The van der Waals surface area contributed by atoms with E-state index in [9.17, 15) is 14.7 Å². The topological polar surface area (TPSA) is 75.6 Å². The van der Waals surface area contributed by atoms with Crippen LogP contribution in [0.25, 0.3) is 11.1 Å². The molecule has 1 unspecified atom stereocenters. The average Bonchev–Trinajstić information content (AvgIpc) is 3.17. The highest BCUT2D eigenvalue weighted by atomic mass is 32.1. The molecule has 1 saturated heterocycles. The van der Waals surface area contributed by atoms with Gasteiger partial charge in [0.2, 0.25) is 0 Å². The van der Waals surface area contributed by atoms with Gasteiger partial charge in [-0.05, 0) is 25.3 Å². The second-order valence-electron chi connectivity index (χ2n) is 5.52. The molecule has 2 aromatic rings. The van der Waals surface area contributed by atoms with Crippen molar-refractivity contribution in [2.75, 3.05) is 11.9 Å². The molecule has 2 N–H and O–H groups in total. The van der Waals surface area contributed by atoms with Crippen LogP contribution in [0.4, 0.5) is 5.00 Å². The molecule has 120 valence electrons. The predicted octanol–water partition coefficient (Wildman–Crippen LogP) is 3.54. The van der Waals surface area contributed by atoms with Gasteiger partial charge >= 0.3 is 5.97 Å². The van der Waals surface area contributed by atoms with Crippen LogP contribution in [0, 0.1) is 6.92 Å². The fourth-order valence-electron chi connectivity index (χ4n) is 2.58. The summed E-state index contributed by atoms with van der Waals surface area (Å²) >= 11 is 1.22. The summed E-state index contributed by atoms with van der Waals surface area (Å²) in [5.74, 6) is -1.33. The molecule has 1 aromatic heterocycles. The standard InChI is InChI=1S/C17H17NO4S/c1-10-4-6-11(7-5-10)12-9-23-16(14(12)17(20)21)18-15(19)13-3-2-8-22-13/h4-7,9,13H,2-3,8H2,1H3,(H,18,19)(H,20,21). The number of carboxylic acids is 1. The summed E-state index contributed by atoms with van der Waals surface area (Å²) in [5, 5.41) is 14.4. The van der Waals surface area contributed by atoms with Gasteiger partial charge in [0.1, 0.15) is 16.7 Å². The van der Waals surface area contributed by atoms with E-state index in [0.29, 0.717) is 23.6 Å². The van der Waals surface area contributed by atoms with Crippen LogP contribution < -0.4 is 5.32 Å². The first-order valence-electron chi connectivity index (χ1n) is 7.40. The fourth-order valence-corrected chi connectivity index (χ4v) is 3.55. The van der Waals surface area contributed by atoms with Gasteiger partial charge in [-0.25, -0.2) is 4.79 Å². The molecular formula is C17H17NO4S. The molecule has 0 aliphatic carbocycles. The van der Waals surface area contributed by atoms with Gasteiger partial charge in [-0.3, -0.25) is 4.79 Å². The van der Waals surface area contributed by atoms with Crippen LogP contribution in [0.1, 0.15) is 28.8 Å². The van der Waals surface area contributed by atoms with E-state index in [4.69, 9.17) is 4.74 Å². The number of aromatic carboxylic acids is 1. The Morgan fingerprint density at radius 2 is 2.04 bits per heavy atom. The van der Waals surface area contributed by atoms with E-state index in [1.54, 1.807) is 5.38 Å². The molecule has 1 aliphatic rings. The molecule has 1 fully saturated rings. The van der Waals surface area contributed by atoms with Crippen LogP contribution in [-0.2, 0) is 9.53 Å². The minimum Gasteiger partial charge on any atom is -0.478 e. The van der Waals surface area contributed by atoms with E-state index in [1.807, 2.05) is 31.2 Å². The van der Waals surface area contributed by atoms with E-state index in [-0.39, 0.29) is 11.5 Å². The Hall–Kier alpha value is -2.18.